The second kappa shape index (κ2) is 7.03. The molecule has 8 nitrogen and oxygen atoms in total. The summed E-state index contributed by atoms with van der Waals surface area (Å²) in [5.41, 5.74) is 0. The van der Waals surface area contributed by atoms with Gasteiger partial charge in [0.2, 0.25) is 0 Å². The molecule has 0 aromatic carbocycles. The lowest BCUT2D eigenvalue weighted by Crippen LogP contribution is -2.28. The molecule has 1 heterocycles. The molecule has 18 heavy (non-hydrogen) atoms. The fourth-order valence-electron chi connectivity index (χ4n) is 1.74. The molecule has 1 aliphatic heterocycles. The third-order valence-corrected chi connectivity index (χ3v) is 4.20. The van der Waals surface area contributed by atoms with E-state index in [9.17, 15) is 9.13 Å². The highest BCUT2D eigenvalue weighted by Gasteiger charge is 2.39. The number of ether oxygens (including phenoxy) is 2. The maximum Gasteiger partial charge on any atom is 0.705 e. The molecule has 1 fully saturated rings. The van der Waals surface area contributed by atoms with E-state index in [-0.39, 0.29) is 18.8 Å². The highest BCUT2D eigenvalue weighted by molar-refractivity contribution is 7.55. The van der Waals surface area contributed by atoms with Gasteiger partial charge in [0.15, 0.2) is 0 Å². The van der Waals surface area contributed by atoms with Crippen molar-refractivity contribution in [2.75, 3.05) is 13.2 Å². The summed E-state index contributed by atoms with van der Waals surface area (Å²) < 4.78 is 40.8. The topological polar surface area (TPSA) is 112 Å². The molecule has 0 bridgehead atoms. The molecule has 0 aliphatic carbocycles. The van der Waals surface area contributed by atoms with Gasteiger partial charge in [-0.15, -0.1) is 4.89 Å². The Morgan fingerprint density at radius 1 is 1.56 bits per heavy atom. The van der Waals surface area contributed by atoms with Crippen molar-refractivity contribution in [1.29, 1.82) is 0 Å². The van der Waals surface area contributed by atoms with Gasteiger partial charge in [0.25, 0.3) is 0 Å². The van der Waals surface area contributed by atoms with Crippen LogP contribution in [0.5, 0.6) is 0 Å². The number of hydrogen-bond donors (Lipinski definition) is 2. The number of hydrogen-bond acceptors (Lipinski definition) is 6. The lowest BCUT2D eigenvalue weighted by molar-refractivity contribution is -0.0401. The summed E-state index contributed by atoms with van der Waals surface area (Å²) in [4.78, 5) is 17.5. The summed E-state index contributed by atoms with van der Waals surface area (Å²) in [6.45, 7) is 3.93. The van der Waals surface area contributed by atoms with Gasteiger partial charge >= 0.3 is 16.1 Å². The third-order valence-electron chi connectivity index (χ3n) is 2.34. The molecule has 3 unspecified atom stereocenters. The predicted octanol–water partition coefficient (Wildman–Crippen LogP) is 1.35. The molecule has 1 saturated heterocycles. The molecule has 106 valence electrons. The van der Waals surface area contributed by atoms with E-state index >= 15 is 0 Å². The van der Waals surface area contributed by atoms with Crippen LogP contribution in [0.4, 0.5) is 0 Å². The van der Waals surface area contributed by atoms with Crippen molar-refractivity contribution in [3.8, 4) is 0 Å². The van der Waals surface area contributed by atoms with E-state index in [1.54, 1.807) is 0 Å². The second-order valence-corrected chi connectivity index (χ2v) is 6.12. The van der Waals surface area contributed by atoms with Gasteiger partial charge in [-0.25, -0.2) is 4.57 Å². The quantitative estimate of drug-likeness (QED) is 0.678. The van der Waals surface area contributed by atoms with Crippen LogP contribution in [0.3, 0.4) is 0 Å². The van der Waals surface area contributed by atoms with Crippen LogP contribution >= 0.6 is 16.1 Å². The minimum absolute atomic E-state index is 0.0383. The monoisotopic (exact) mass is 303 g/mol. The van der Waals surface area contributed by atoms with E-state index in [1.165, 1.54) is 0 Å². The summed E-state index contributed by atoms with van der Waals surface area (Å²) in [6, 6.07) is 0. The van der Waals surface area contributed by atoms with Crippen LogP contribution in [-0.4, -0.2) is 41.3 Å². The Kier molecular flexibility index (Phi) is 6.30. The average Bonchev–Trinajstić information content (AvgIpc) is 2.55. The van der Waals surface area contributed by atoms with Gasteiger partial charge in [0.1, 0.15) is 6.10 Å². The average molecular weight is 303 g/mol. The van der Waals surface area contributed by atoms with Crippen molar-refractivity contribution in [1.82, 2.24) is 0 Å². The predicted molar refractivity (Wildman–Crippen MR) is 61.1 cm³/mol. The molecule has 0 saturated carbocycles. The Morgan fingerprint density at radius 3 is 2.78 bits per heavy atom. The zero-order valence-electron chi connectivity index (χ0n) is 10.1. The smallest absolute Gasteiger partial charge is 0.376 e. The third kappa shape index (κ3) is 5.38. The standard InChI is InChI=1S/C8H16O8P2/c1-3-13-7-4-6(2)15-8(7)5-14-18(11,12)16-17(9)10/h6-8H,3-5H2,1-2H3,(H-,9,10,11,12)/p+1/t6-,7?,8+/m0/s1. The lowest BCUT2D eigenvalue weighted by atomic mass is 10.1. The van der Waals surface area contributed by atoms with Crippen LogP contribution < -0.4 is 0 Å². The van der Waals surface area contributed by atoms with Crippen LogP contribution in [0.1, 0.15) is 20.3 Å². The molecule has 0 spiro atoms. The normalized spacial score (nSPS) is 32.2. The fraction of sp³-hybridized carbons (Fsp3) is 1.00. The van der Waals surface area contributed by atoms with Crippen LogP contribution in [0, 0.1) is 0 Å². The van der Waals surface area contributed by atoms with Crippen molar-refractivity contribution in [2.45, 2.75) is 38.6 Å². The Balaban J connectivity index is 2.46. The second-order valence-electron chi connectivity index (χ2n) is 3.80. The Morgan fingerprint density at radius 2 is 2.22 bits per heavy atom. The largest absolute Gasteiger partial charge is 0.705 e. The molecule has 2 N–H and O–H groups in total. The number of rotatable bonds is 7. The summed E-state index contributed by atoms with van der Waals surface area (Å²) in [5.74, 6) is 0. The van der Waals surface area contributed by atoms with E-state index in [0.29, 0.717) is 13.0 Å². The van der Waals surface area contributed by atoms with Gasteiger partial charge in [-0.3, -0.25) is 9.42 Å². The molecule has 0 radical (unpaired) electrons. The molecule has 1 rings (SSSR count). The van der Waals surface area contributed by atoms with E-state index in [1.807, 2.05) is 13.8 Å². The van der Waals surface area contributed by atoms with Gasteiger partial charge in [-0.2, -0.15) is 0 Å². The van der Waals surface area contributed by atoms with Crippen LogP contribution in [0.15, 0.2) is 0 Å². The van der Waals surface area contributed by atoms with E-state index in [4.69, 9.17) is 19.3 Å². The van der Waals surface area contributed by atoms with Crippen molar-refractivity contribution in [3.05, 3.63) is 0 Å². The maximum absolute atomic E-state index is 11.2. The van der Waals surface area contributed by atoms with E-state index in [0.717, 1.165) is 0 Å². The van der Waals surface area contributed by atoms with Crippen molar-refractivity contribution >= 4 is 16.1 Å². The van der Waals surface area contributed by atoms with Gasteiger partial charge < -0.3 is 9.47 Å². The first-order valence-electron chi connectivity index (χ1n) is 5.44. The summed E-state index contributed by atoms with van der Waals surface area (Å²) in [5, 5.41) is 0. The highest BCUT2D eigenvalue weighted by Crippen LogP contribution is 2.51. The van der Waals surface area contributed by atoms with E-state index < -0.39 is 22.2 Å². The minimum atomic E-state index is -4.54. The van der Waals surface area contributed by atoms with Crippen molar-refractivity contribution in [2.24, 2.45) is 0 Å². The highest BCUT2D eigenvalue weighted by atomic mass is 31.2. The van der Waals surface area contributed by atoms with Crippen LogP contribution in [0.25, 0.3) is 0 Å². The van der Waals surface area contributed by atoms with Gasteiger partial charge in [0.05, 0.1) is 18.8 Å². The Labute approximate surface area is 106 Å². The van der Waals surface area contributed by atoms with Gasteiger partial charge in [-0.1, -0.05) is 0 Å². The van der Waals surface area contributed by atoms with Gasteiger partial charge in [0, 0.05) is 17.6 Å². The zero-order valence-corrected chi connectivity index (χ0v) is 11.9. The zero-order chi connectivity index (χ0) is 13.8. The molecule has 5 atom stereocenters. The number of phosphoric acid groups is 1. The van der Waals surface area contributed by atoms with Crippen molar-refractivity contribution in [3.63, 3.8) is 0 Å². The summed E-state index contributed by atoms with van der Waals surface area (Å²) in [7, 11) is -7.73. The van der Waals surface area contributed by atoms with E-state index in [2.05, 4.69) is 8.83 Å². The van der Waals surface area contributed by atoms with Crippen molar-refractivity contribution < 1.29 is 37.2 Å². The lowest BCUT2D eigenvalue weighted by Gasteiger charge is -2.18. The molecule has 0 aromatic heterocycles. The molecule has 10 heteroatoms. The first-order valence-corrected chi connectivity index (χ1v) is 8.07. The molecule has 1 aliphatic rings. The SMILES string of the molecule is CCOC1C[C@H](C)O[C@@H]1COP(=O)(O)O[P+](=O)O. The minimum Gasteiger partial charge on any atom is -0.376 e. The Hall–Kier alpha value is 0.0900. The maximum atomic E-state index is 11.2. The van der Waals surface area contributed by atoms with Gasteiger partial charge in [-0.05, 0) is 18.2 Å². The first kappa shape index (κ1) is 16.1. The van der Waals surface area contributed by atoms with Crippen LogP contribution in [-0.2, 0) is 27.4 Å². The molecular weight excluding hydrogens is 286 g/mol. The van der Waals surface area contributed by atoms with Crippen LogP contribution in [0.2, 0.25) is 0 Å². The number of phosphoric ester groups is 1. The summed E-state index contributed by atoms with van der Waals surface area (Å²) >= 11 is 0. The Bertz CT molecular complexity index is 335. The first-order chi connectivity index (χ1) is 8.34. The molecule has 0 amide bonds. The molecule has 0 aromatic rings. The molecular formula is C8H17O8P2+. The summed E-state index contributed by atoms with van der Waals surface area (Å²) in [6.07, 6.45) is -0.107. The fourth-order valence-corrected chi connectivity index (χ4v) is 2.97.